The van der Waals surface area contributed by atoms with E-state index in [1.54, 1.807) is 25.6 Å². The minimum Gasteiger partial charge on any atom is -0.493 e. The van der Waals surface area contributed by atoms with E-state index in [1.807, 2.05) is 18.2 Å². The lowest BCUT2D eigenvalue weighted by Gasteiger charge is -2.00. The summed E-state index contributed by atoms with van der Waals surface area (Å²) >= 11 is 1.34. The number of carboxylic acids is 1. The fraction of sp³-hybridized carbons (Fsp3) is 0.133. The average Bonchev–Trinajstić information content (AvgIpc) is 3.09. The molecule has 0 atom stereocenters. The van der Waals surface area contributed by atoms with Crippen LogP contribution in [0, 0.1) is 0 Å². The molecule has 2 aromatic heterocycles. The largest absolute Gasteiger partial charge is 0.493 e. The predicted octanol–water partition coefficient (Wildman–Crippen LogP) is 3.91. The highest BCUT2D eigenvalue weighted by Crippen LogP contribution is 2.39. The fourth-order valence-electron chi connectivity index (χ4n) is 2.27. The maximum Gasteiger partial charge on any atom is 0.339 e. The van der Waals surface area contributed by atoms with Gasteiger partial charge in [0, 0.05) is 23.4 Å². The van der Waals surface area contributed by atoms with E-state index in [-0.39, 0.29) is 5.56 Å². The summed E-state index contributed by atoms with van der Waals surface area (Å²) in [7, 11) is 3.27. The van der Waals surface area contributed by atoms with Gasteiger partial charge in [0.05, 0.1) is 7.11 Å². The van der Waals surface area contributed by atoms with Crippen molar-refractivity contribution in [2.75, 3.05) is 19.5 Å². The Morgan fingerprint density at radius 3 is 2.90 bits per heavy atom. The molecule has 0 fully saturated rings. The van der Waals surface area contributed by atoms with Crippen molar-refractivity contribution in [1.29, 1.82) is 0 Å². The van der Waals surface area contributed by atoms with E-state index in [0.29, 0.717) is 27.7 Å². The van der Waals surface area contributed by atoms with Gasteiger partial charge in [-0.3, -0.25) is 0 Å². The highest BCUT2D eigenvalue weighted by Gasteiger charge is 2.22. The van der Waals surface area contributed by atoms with Crippen LogP contribution in [-0.2, 0) is 0 Å². The highest BCUT2D eigenvalue weighted by molar-refractivity contribution is 7.15. The van der Waals surface area contributed by atoms with E-state index in [0.717, 1.165) is 5.39 Å². The van der Waals surface area contributed by atoms with Crippen LogP contribution in [0.1, 0.15) is 10.4 Å². The zero-order valence-electron chi connectivity index (χ0n) is 11.5. The number of para-hydroxylation sites is 1. The number of thiophene rings is 1. The molecular weight excluding hydrogens is 290 g/mol. The van der Waals surface area contributed by atoms with Crippen molar-refractivity contribution in [2.24, 2.45) is 0 Å². The number of ether oxygens (including phenoxy) is 1. The van der Waals surface area contributed by atoms with Gasteiger partial charge in [0.15, 0.2) is 11.3 Å². The Morgan fingerprint density at radius 1 is 1.43 bits per heavy atom. The number of nitrogens with one attached hydrogen (secondary N) is 1. The number of hydrogen-bond donors (Lipinski definition) is 2. The van der Waals surface area contributed by atoms with Crippen LogP contribution >= 0.6 is 11.3 Å². The van der Waals surface area contributed by atoms with Crippen LogP contribution in [0.25, 0.3) is 22.3 Å². The van der Waals surface area contributed by atoms with Gasteiger partial charge in [-0.05, 0) is 12.1 Å². The molecule has 0 bridgehead atoms. The van der Waals surface area contributed by atoms with Gasteiger partial charge >= 0.3 is 5.97 Å². The molecule has 2 N–H and O–H groups in total. The predicted molar refractivity (Wildman–Crippen MR) is 82.6 cm³/mol. The summed E-state index contributed by atoms with van der Waals surface area (Å²) in [5, 5.41) is 15.6. The third-order valence-corrected chi connectivity index (χ3v) is 4.22. The summed E-state index contributed by atoms with van der Waals surface area (Å²) in [6.45, 7) is 0. The second kappa shape index (κ2) is 5.14. The second-order valence-corrected chi connectivity index (χ2v) is 5.28. The van der Waals surface area contributed by atoms with Gasteiger partial charge in [0.1, 0.15) is 16.3 Å². The maximum absolute atomic E-state index is 11.5. The number of hydrogen-bond acceptors (Lipinski definition) is 5. The van der Waals surface area contributed by atoms with Crippen LogP contribution < -0.4 is 10.1 Å². The van der Waals surface area contributed by atoms with E-state index >= 15 is 0 Å². The van der Waals surface area contributed by atoms with Crippen LogP contribution in [0.4, 0.5) is 5.00 Å². The molecule has 5 nitrogen and oxygen atoms in total. The number of rotatable bonds is 4. The molecule has 21 heavy (non-hydrogen) atoms. The first-order valence-corrected chi connectivity index (χ1v) is 7.13. The minimum atomic E-state index is -0.983. The number of furan rings is 1. The number of aromatic carboxylic acids is 1. The molecular formula is C15H13NO4S. The lowest BCUT2D eigenvalue weighted by atomic mass is 10.1. The summed E-state index contributed by atoms with van der Waals surface area (Å²) in [6, 6.07) is 7.40. The number of carboxylic acid groups (broad SMARTS) is 1. The van der Waals surface area contributed by atoms with E-state index < -0.39 is 5.97 Å². The Bertz CT molecular complexity index is 818. The quantitative estimate of drug-likeness (QED) is 0.764. The van der Waals surface area contributed by atoms with Crippen molar-refractivity contribution in [2.45, 2.75) is 0 Å². The highest BCUT2D eigenvalue weighted by atomic mass is 32.1. The van der Waals surface area contributed by atoms with Crippen molar-refractivity contribution < 1.29 is 19.1 Å². The summed E-state index contributed by atoms with van der Waals surface area (Å²) in [5.74, 6) is 0.160. The Labute approximate surface area is 124 Å². The molecule has 1 aromatic carbocycles. The summed E-state index contributed by atoms with van der Waals surface area (Å²) in [4.78, 5) is 11.5. The number of carbonyl (C=O) groups is 1. The molecule has 0 saturated heterocycles. The number of fused-ring (bicyclic) bond motifs is 1. The number of benzene rings is 1. The van der Waals surface area contributed by atoms with E-state index in [9.17, 15) is 9.90 Å². The van der Waals surface area contributed by atoms with Crippen molar-refractivity contribution in [3.05, 3.63) is 35.2 Å². The van der Waals surface area contributed by atoms with Gasteiger partial charge in [-0.25, -0.2) is 4.79 Å². The average molecular weight is 303 g/mol. The molecule has 108 valence electrons. The molecule has 3 rings (SSSR count). The van der Waals surface area contributed by atoms with Crippen molar-refractivity contribution in [3.8, 4) is 17.1 Å². The van der Waals surface area contributed by atoms with Crippen LogP contribution in [0.5, 0.6) is 5.75 Å². The topological polar surface area (TPSA) is 71.7 Å². The number of methoxy groups -OCH3 is 1. The second-order valence-electron chi connectivity index (χ2n) is 4.40. The summed E-state index contributed by atoms with van der Waals surface area (Å²) < 4.78 is 11.1. The van der Waals surface area contributed by atoms with Crippen LogP contribution in [0.15, 0.2) is 34.1 Å². The minimum absolute atomic E-state index is 0.223. The summed E-state index contributed by atoms with van der Waals surface area (Å²) in [5.41, 5.74) is 1.40. The Hall–Kier alpha value is -2.47. The van der Waals surface area contributed by atoms with Gasteiger partial charge in [-0.2, -0.15) is 0 Å². The lowest BCUT2D eigenvalue weighted by molar-refractivity contribution is 0.0699. The van der Waals surface area contributed by atoms with Crippen molar-refractivity contribution in [3.63, 3.8) is 0 Å². The van der Waals surface area contributed by atoms with E-state index in [2.05, 4.69) is 5.32 Å². The zero-order valence-corrected chi connectivity index (χ0v) is 12.3. The fourth-order valence-corrected chi connectivity index (χ4v) is 3.17. The van der Waals surface area contributed by atoms with Crippen LogP contribution in [-0.4, -0.2) is 25.2 Å². The lowest BCUT2D eigenvalue weighted by Crippen LogP contribution is -2.00. The first-order chi connectivity index (χ1) is 10.2. The molecule has 0 spiro atoms. The molecule has 0 unspecified atom stereocenters. The van der Waals surface area contributed by atoms with Crippen molar-refractivity contribution >= 4 is 33.3 Å². The van der Waals surface area contributed by atoms with Gasteiger partial charge in [-0.15, -0.1) is 11.3 Å². The van der Waals surface area contributed by atoms with E-state index in [1.165, 1.54) is 11.3 Å². The Morgan fingerprint density at radius 2 is 2.24 bits per heavy atom. The van der Waals surface area contributed by atoms with E-state index in [4.69, 9.17) is 9.15 Å². The SMILES string of the molecule is CNc1scc(-c2cc3cccc(OC)c3o2)c1C(=O)O. The summed E-state index contributed by atoms with van der Waals surface area (Å²) in [6.07, 6.45) is 0. The van der Waals surface area contributed by atoms with Gasteiger partial charge < -0.3 is 19.6 Å². The molecule has 0 saturated carbocycles. The zero-order chi connectivity index (χ0) is 15.0. The molecule has 2 heterocycles. The monoisotopic (exact) mass is 303 g/mol. The van der Waals surface area contributed by atoms with Gasteiger partial charge in [0.2, 0.25) is 0 Å². The first kappa shape index (κ1) is 13.5. The van der Waals surface area contributed by atoms with Gasteiger partial charge in [0.25, 0.3) is 0 Å². The Balaban J connectivity index is 2.22. The molecule has 0 aliphatic rings. The standard InChI is InChI=1S/C15H13NO4S/c1-16-14-12(15(17)18)9(7-21-14)11-6-8-4-3-5-10(19-2)13(8)20-11/h3-7,16H,1-2H3,(H,17,18). The molecule has 3 aromatic rings. The number of anilines is 1. The molecule has 0 aliphatic carbocycles. The first-order valence-electron chi connectivity index (χ1n) is 6.25. The normalized spacial score (nSPS) is 10.8. The van der Waals surface area contributed by atoms with Crippen LogP contribution in [0.2, 0.25) is 0 Å². The maximum atomic E-state index is 11.5. The third-order valence-electron chi connectivity index (χ3n) is 3.23. The third kappa shape index (κ3) is 2.13. The molecule has 0 radical (unpaired) electrons. The molecule has 0 aliphatic heterocycles. The van der Waals surface area contributed by atoms with Crippen molar-refractivity contribution in [1.82, 2.24) is 0 Å². The van der Waals surface area contributed by atoms with Crippen LogP contribution in [0.3, 0.4) is 0 Å². The Kier molecular flexibility index (Phi) is 3.31. The molecule has 0 amide bonds. The van der Waals surface area contributed by atoms with Gasteiger partial charge in [-0.1, -0.05) is 12.1 Å². The molecule has 6 heteroatoms. The smallest absolute Gasteiger partial charge is 0.339 e.